The third kappa shape index (κ3) is 4.33. The Morgan fingerprint density at radius 1 is 1.20 bits per heavy atom. The Balaban J connectivity index is 1.78. The highest BCUT2D eigenvalue weighted by Crippen LogP contribution is 2.12. The first-order chi connectivity index (χ1) is 9.62. The van der Waals surface area contributed by atoms with E-state index >= 15 is 0 Å². The lowest BCUT2D eigenvalue weighted by Crippen LogP contribution is -2.48. The van der Waals surface area contributed by atoms with Crippen LogP contribution in [-0.2, 0) is 16.6 Å². The van der Waals surface area contributed by atoms with Crippen molar-refractivity contribution in [1.29, 1.82) is 0 Å². The summed E-state index contributed by atoms with van der Waals surface area (Å²) in [5.74, 6) is 0.303. The van der Waals surface area contributed by atoms with Gasteiger partial charge < -0.3 is 4.98 Å². The van der Waals surface area contributed by atoms with Crippen LogP contribution in [-0.4, -0.2) is 54.5 Å². The number of nitrogens with one attached hydrogen (secondary N) is 1. The number of aromatic amines is 1. The highest BCUT2D eigenvalue weighted by Gasteiger charge is 2.26. The maximum Gasteiger partial charge on any atom is 0.214 e. The summed E-state index contributed by atoms with van der Waals surface area (Å²) in [5.41, 5.74) is 1.18. The van der Waals surface area contributed by atoms with Gasteiger partial charge in [-0.3, -0.25) is 4.90 Å². The Labute approximate surface area is 122 Å². The quantitative estimate of drug-likeness (QED) is 0.779. The lowest BCUT2D eigenvalue weighted by atomic mass is 10.3. The van der Waals surface area contributed by atoms with Crippen LogP contribution < -0.4 is 0 Å². The molecule has 2 rings (SSSR count). The number of piperazine rings is 1. The van der Waals surface area contributed by atoms with Gasteiger partial charge in [-0.15, -0.1) is 0 Å². The van der Waals surface area contributed by atoms with Gasteiger partial charge >= 0.3 is 0 Å². The van der Waals surface area contributed by atoms with Crippen LogP contribution in [0.2, 0.25) is 0 Å². The summed E-state index contributed by atoms with van der Waals surface area (Å²) < 4.78 is 26.0. The summed E-state index contributed by atoms with van der Waals surface area (Å²) in [6, 6.07) is 4.05. The maximum absolute atomic E-state index is 12.2. The van der Waals surface area contributed by atoms with Gasteiger partial charge in [0.05, 0.1) is 5.75 Å². The number of H-pyrrole nitrogens is 1. The van der Waals surface area contributed by atoms with Crippen molar-refractivity contribution in [1.82, 2.24) is 14.2 Å². The van der Waals surface area contributed by atoms with Crippen LogP contribution in [0.1, 0.15) is 31.9 Å². The molecule has 6 heteroatoms. The minimum atomic E-state index is -3.04. The summed E-state index contributed by atoms with van der Waals surface area (Å²) in [4.78, 5) is 5.48. The standard InChI is InChI=1S/C14H25N3O2S/c1-2-3-4-12-20(18,19)17-10-8-16(9-11-17)13-14-6-5-7-15-14/h5-7,15H,2-4,8-13H2,1H3. The van der Waals surface area contributed by atoms with Crippen molar-refractivity contribution in [2.75, 3.05) is 31.9 Å². The van der Waals surface area contributed by atoms with Crippen molar-refractivity contribution in [3.63, 3.8) is 0 Å². The molecule has 0 bridgehead atoms. The van der Waals surface area contributed by atoms with Crippen LogP contribution in [0.15, 0.2) is 18.3 Å². The van der Waals surface area contributed by atoms with Crippen molar-refractivity contribution in [2.45, 2.75) is 32.7 Å². The summed E-state index contributed by atoms with van der Waals surface area (Å²) in [6.45, 7) is 5.82. The molecule has 0 aromatic carbocycles. The minimum absolute atomic E-state index is 0.303. The molecule has 20 heavy (non-hydrogen) atoms. The van der Waals surface area contributed by atoms with Gasteiger partial charge in [-0.2, -0.15) is 4.31 Å². The Bertz CT molecular complexity index is 477. The number of hydrogen-bond acceptors (Lipinski definition) is 3. The van der Waals surface area contributed by atoms with E-state index in [4.69, 9.17) is 0 Å². The molecule has 5 nitrogen and oxygen atoms in total. The van der Waals surface area contributed by atoms with Gasteiger partial charge in [0.1, 0.15) is 0 Å². The highest BCUT2D eigenvalue weighted by molar-refractivity contribution is 7.89. The minimum Gasteiger partial charge on any atom is -0.364 e. The topological polar surface area (TPSA) is 56.4 Å². The van der Waals surface area contributed by atoms with Gasteiger partial charge in [0.15, 0.2) is 0 Å². The molecule has 0 atom stereocenters. The molecule has 1 fully saturated rings. The van der Waals surface area contributed by atoms with Gasteiger partial charge in [0.25, 0.3) is 0 Å². The van der Waals surface area contributed by atoms with Gasteiger partial charge in [0.2, 0.25) is 10.0 Å². The van der Waals surface area contributed by atoms with E-state index in [2.05, 4.69) is 22.9 Å². The first kappa shape index (κ1) is 15.5. The van der Waals surface area contributed by atoms with E-state index in [0.717, 1.165) is 38.9 Å². The van der Waals surface area contributed by atoms with Crippen LogP contribution in [0, 0.1) is 0 Å². The van der Waals surface area contributed by atoms with Gasteiger partial charge in [0, 0.05) is 44.6 Å². The molecule has 1 aliphatic heterocycles. The molecule has 114 valence electrons. The van der Waals surface area contributed by atoms with Crippen LogP contribution >= 0.6 is 0 Å². The largest absolute Gasteiger partial charge is 0.364 e. The molecule has 0 aliphatic carbocycles. The van der Waals surface area contributed by atoms with Crippen LogP contribution in [0.4, 0.5) is 0 Å². The van der Waals surface area contributed by atoms with Crippen molar-refractivity contribution in [3.05, 3.63) is 24.0 Å². The lowest BCUT2D eigenvalue weighted by molar-refractivity contribution is 0.180. The Morgan fingerprint density at radius 2 is 1.95 bits per heavy atom. The molecule has 0 amide bonds. The van der Waals surface area contributed by atoms with E-state index in [1.54, 1.807) is 4.31 Å². The second-order valence-corrected chi connectivity index (χ2v) is 7.48. The average molecular weight is 299 g/mol. The third-order valence-electron chi connectivity index (χ3n) is 3.79. The number of nitrogens with zero attached hydrogens (tertiary/aromatic N) is 2. The Kier molecular flexibility index (Phi) is 5.63. The van der Waals surface area contributed by atoms with Crippen LogP contribution in [0.3, 0.4) is 0 Å². The summed E-state index contributed by atoms with van der Waals surface area (Å²) in [7, 11) is -3.04. The lowest BCUT2D eigenvalue weighted by Gasteiger charge is -2.33. The van der Waals surface area contributed by atoms with E-state index in [9.17, 15) is 8.42 Å². The summed E-state index contributed by atoms with van der Waals surface area (Å²) in [5, 5.41) is 0. The molecule has 0 radical (unpaired) electrons. The second-order valence-electron chi connectivity index (χ2n) is 5.39. The zero-order valence-corrected chi connectivity index (χ0v) is 13.0. The van der Waals surface area contributed by atoms with Crippen molar-refractivity contribution < 1.29 is 8.42 Å². The molecule has 1 N–H and O–H groups in total. The molecular weight excluding hydrogens is 274 g/mol. The van der Waals surface area contributed by atoms with Crippen molar-refractivity contribution in [3.8, 4) is 0 Å². The second kappa shape index (κ2) is 7.24. The highest BCUT2D eigenvalue weighted by atomic mass is 32.2. The van der Waals surface area contributed by atoms with E-state index in [-0.39, 0.29) is 0 Å². The molecule has 1 aliphatic rings. The van der Waals surface area contributed by atoms with Crippen LogP contribution in [0.25, 0.3) is 0 Å². The van der Waals surface area contributed by atoms with Crippen LogP contribution in [0.5, 0.6) is 0 Å². The zero-order valence-electron chi connectivity index (χ0n) is 12.2. The van der Waals surface area contributed by atoms with Gasteiger partial charge in [-0.1, -0.05) is 19.8 Å². The number of unbranched alkanes of at least 4 members (excludes halogenated alkanes) is 2. The van der Waals surface area contributed by atoms with Gasteiger partial charge in [-0.25, -0.2) is 8.42 Å². The SMILES string of the molecule is CCCCCS(=O)(=O)N1CCN(Cc2ccc[nH]2)CC1. The molecule has 1 saturated heterocycles. The molecule has 1 aromatic rings. The van der Waals surface area contributed by atoms with Crippen molar-refractivity contribution in [2.24, 2.45) is 0 Å². The monoisotopic (exact) mass is 299 g/mol. The summed E-state index contributed by atoms with van der Waals surface area (Å²) >= 11 is 0. The molecular formula is C14H25N3O2S. The average Bonchev–Trinajstić information content (AvgIpc) is 2.92. The predicted molar refractivity (Wildman–Crippen MR) is 81.0 cm³/mol. The predicted octanol–water partition coefficient (Wildman–Crippen LogP) is 1.65. The van der Waals surface area contributed by atoms with E-state index in [1.165, 1.54) is 5.69 Å². The zero-order chi connectivity index (χ0) is 14.4. The van der Waals surface area contributed by atoms with E-state index in [0.29, 0.717) is 18.8 Å². The molecule has 2 heterocycles. The maximum atomic E-state index is 12.2. The van der Waals surface area contributed by atoms with Gasteiger partial charge in [-0.05, 0) is 18.6 Å². The first-order valence-electron chi connectivity index (χ1n) is 7.44. The Hall–Kier alpha value is -0.850. The number of hydrogen-bond donors (Lipinski definition) is 1. The fraction of sp³-hybridized carbons (Fsp3) is 0.714. The molecule has 0 spiro atoms. The smallest absolute Gasteiger partial charge is 0.214 e. The normalized spacial score (nSPS) is 18.4. The van der Waals surface area contributed by atoms with E-state index < -0.39 is 10.0 Å². The number of sulfonamides is 1. The van der Waals surface area contributed by atoms with Crippen molar-refractivity contribution >= 4 is 10.0 Å². The third-order valence-corrected chi connectivity index (χ3v) is 5.74. The molecule has 0 unspecified atom stereocenters. The van der Waals surface area contributed by atoms with E-state index in [1.807, 2.05) is 12.3 Å². The fourth-order valence-corrected chi connectivity index (χ4v) is 4.08. The number of rotatable bonds is 7. The Morgan fingerprint density at radius 3 is 2.55 bits per heavy atom. The summed E-state index contributed by atoms with van der Waals surface area (Å²) in [6.07, 6.45) is 4.75. The molecule has 0 saturated carbocycles. The fourth-order valence-electron chi connectivity index (χ4n) is 2.54. The number of aromatic nitrogens is 1. The molecule has 1 aromatic heterocycles. The first-order valence-corrected chi connectivity index (χ1v) is 9.05.